The molecule has 2 fully saturated rings. The molecule has 0 spiro atoms. The Labute approximate surface area is 199 Å². The molecule has 2 aliphatic rings. The van der Waals surface area contributed by atoms with Crippen LogP contribution in [0.2, 0.25) is 0 Å². The third kappa shape index (κ3) is 5.18. The third-order valence-electron chi connectivity index (χ3n) is 6.15. The molecule has 1 atom stereocenters. The zero-order chi connectivity index (χ0) is 24.1. The highest BCUT2D eigenvalue weighted by Crippen LogP contribution is 2.40. The molecule has 3 heterocycles. The summed E-state index contributed by atoms with van der Waals surface area (Å²) in [5.41, 5.74) is 0.497. The monoisotopic (exact) mass is 468 g/mol. The molecule has 8 nitrogen and oxygen atoms in total. The van der Waals surface area contributed by atoms with Gasteiger partial charge in [0.15, 0.2) is 0 Å². The van der Waals surface area contributed by atoms with E-state index >= 15 is 0 Å². The summed E-state index contributed by atoms with van der Waals surface area (Å²) in [6.07, 6.45) is 1.59. The van der Waals surface area contributed by atoms with Crippen molar-refractivity contribution in [1.82, 2.24) is 9.80 Å². The summed E-state index contributed by atoms with van der Waals surface area (Å²) in [6, 6.07) is 9.66. The lowest BCUT2D eigenvalue weighted by molar-refractivity contribution is -0.140. The molecule has 0 radical (unpaired) electrons. The predicted molar refractivity (Wildman–Crippen MR) is 127 cm³/mol. The van der Waals surface area contributed by atoms with E-state index in [0.717, 1.165) is 26.1 Å². The maximum atomic E-state index is 13.1. The summed E-state index contributed by atoms with van der Waals surface area (Å²) < 4.78 is 16.8. The van der Waals surface area contributed by atoms with Gasteiger partial charge in [0.1, 0.15) is 29.1 Å². The van der Waals surface area contributed by atoms with E-state index in [4.69, 9.17) is 13.9 Å². The first-order valence-corrected chi connectivity index (χ1v) is 11.9. The van der Waals surface area contributed by atoms with Crippen molar-refractivity contribution in [2.24, 2.45) is 0 Å². The molecule has 0 aliphatic carbocycles. The first-order chi connectivity index (χ1) is 16.5. The number of aliphatic hydroxyl groups excluding tert-OH is 1. The maximum Gasteiger partial charge on any atom is 0.295 e. The molecular formula is C26H32N2O6. The lowest BCUT2D eigenvalue weighted by Gasteiger charge is -2.28. The number of amides is 1. The second-order valence-corrected chi connectivity index (χ2v) is 8.62. The highest BCUT2D eigenvalue weighted by molar-refractivity contribution is 6.46. The average Bonchev–Trinajstić information content (AvgIpc) is 3.39. The average molecular weight is 469 g/mol. The molecule has 0 bridgehead atoms. The zero-order valence-electron chi connectivity index (χ0n) is 19.8. The van der Waals surface area contributed by atoms with E-state index in [9.17, 15) is 14.7 Å². The minimum absolute atomic E-state index is 0.0490. The minimum Gasteiger partial charge on any atom is -0.507 e. The number of furan rings is 1. The van der Waals surface area contributed by atoms with Crippen LogP contribution in [0.1, 0.15) is 42.9 Å². The number of benzene rings is 1. The normalized spacial score (nSPS) is 20.8. The molecule has 2 aromatic rings. The van der Waals surface area contributed by atoms with Gasteiger partial charge in [-0.15, -0.1) is 0 Å². The van der Waals surface area contributed by atoms with Gasteiger partial charge < -0.3 is 23.9 Å². The summed E-state index contributed by atoms with van der Waals surface area (Å²) in [6.45, 7) is 8.74. The van der Waals surface area contributed by atoms with Crippen LogP contribution in [-0.4, -0.2) is 72.6 Å². The summed E-state index contributed by atoms with van der Waals surface area (Å²) >= 11 is 0. The van der Waals surface area contributed by atoms with Gasteiger partial charge in [-0.2, -0.15) is 0 Å². The van der Waals surface area contributed by atoms with Crippen LogP contribution in [0.5, 0.6) is 5.75 Å². The molecule has 182 valence electrons. The fourth-order valence-electron chi connectivity index (χ4n) is 4.38. The number of ether oxygens (including phenoxy) is 2. The van der Waals surface area contributed by atoms with E-state index in [1.165, 1.54) is 4.90 Å². The van der Waals surface area contributed by atoms with Gasteiger partial charge in [-0.3, -0.25) is 14.5 Å². The van der Waals surface area contributed by atoms with Gasteiger partial charge in [0.05, 0.1) is 25.4 Å². The maximum absolute atomic E-state index is 13.1. The van der Waals surface area contributed by atoms with Crippen LogP contribution < -0.4 is 4.74 Å². The molecule has 34 heavy (non-hydrogen) atoms. The number of aliphatic hydroxyl groups is 1. The van der Waals surface area contributed by atoms with Crippen LogP contribution in [0.3, 0.4) is 0 Å². The number of ketones is 1. The van der Waals surface area contributed by atoms with Crippen molar-refractivity contribution in [3.8, 4) is 5.75 Å². The van der Waals surface area contributed by atoms with Crippen molar-refractivity contribution in [3.63, 3.8) is 0 Å². The predicted octanol–water partition coefficient (Wildman–Crippen LogP) is 3.52. The highest BCUT2D eigenvalue weighted by Gasteiger charge is 2.47. The molecule has 4 rings (SSSR count). The van der Waals surface area contributed by atoms with Crippen molar-refractivity contribution in [2.45, 2.75) is 32.7 Å². The van der Waals surface area contributed by atoms with Crippen LogP contribution in [0.25, 0.3) is 5.76 Å². The quantitative estimate of drug-likeness (QED) is 0.342. The van der Waals surface area contributed by atoms with E-state index in [2.05, 4.69) is 4.90 Å². The van der Waals surface area contributed by atoms with E-state index in [1.54, 1.807) is 36.4 Å². The topological polar surface area (TPSA) is 92.5 Å². The van der Waals surface area contributed by atoms with Gasteiger partial charge in [-0.25, -0.2) is 0 Å². The molecule has 2 aliphatic heterocycles. The van der Waals surface area contributed by atoms with E-state index in [0.29, 0.717) is 55.6 Å². The van der Waals surface area contributed by atoms with Crippen molar-refractivity contribution in [3.05, 3.63) is 59.1 Å². The van der Waals surface area contributed by atoms with Crippen molar-refractivity contribution < 1.29 is 28.6 Å². The number of hydrogen-bond donors (Lipinski definition) is 1. The van der Waals surface area contributed by atoms with Crippen molar-refractivity contribution in [2.75, 3.05) is 46.0 Å². The van der Waals surface area contributed by atoms with Gasteiger partial charge in [0, 0.05) is 31.7 Å². The summed E-state index contributed by atoms with van der Waals surface area (Å²) in [5, 5.41) is 11.1. The SMILES string of the molecule is CCCOc1ccc(/C(O)=C2\C(=O)C(=O)N(CCCN3CCOCC3)C2c2ccc(C)o2)cc1. The first kappa shape index (κ1) is 24.0. The van der Waals surface area contributed by atoms with Gasteiger partial charge in [0.2, 0.25) is 0 Å². The number of aryl methyl sites for hydroxylation is 1. The zero-order valence-corrected chi connectivity index (χ0v) is 19.8. The van der Waals surface area contributed by atoms with Crippen LogP contribution in [-0.2, 0) is 14.3 Å². The number of hydrogen-bond acceptors (Lipinski definition) is 7. The van der Waals surface area contributed by atoms with E-state index in [1.807, 2.05) is 13.8 Å². The second-order valence-electron chi connectivity index (χ2n) is 8.62. The molecule has 1 aromatic heterocycles. The number of Topliss-reactive ketones (excluding diaryl/α,β-unsaturated/α-hetero) is 1. The van der Waals surface area contributed by atoms with Crippen LogP contribution >= 0.6 is 0 Å². The number of likely N-dealkylation sites (tertiary alicyclic amines) is 1. The number of carbonyl (C=O) groups is 2. The molecule has 2 saturated heterocycles. The third-order valence-corrected chi connectivity index (χ3v) is 6.15. The van der Waals surface area contributed by atoms with Gasteiger partial charge in [-0.05, 0) is 56.2 Å². The summed E-state index contributed by atoms with van der Waals surface area (Å²) in [5.74, 6) is 0.286. The minimum atomic E-state index is -0.769. The van der Waals surface area contributed by atoms with Gasteiger partial charge in [-0.1, -0.05) is 6.92 Å². The Morgan fingerprint density at radius 3 is 2.47 bits per heavy atom. The standard InChI is InChI=1S/C26H32N2O6/c1-3-15-33-20-8-6-19(7-9-20)24(29)22-23(21-10-5-18(2)34-21)28(26(31)25(22)30)12-4-11-27-13-16-32-17-14-27/h5-10,23,29H,3-4,11-17H2,1-2H3/b24-22+. The Kier molecular flexibility index (Phi) is 7.70. The molecule has 0 saturated carbocycles. The fraction of sp³-hybridized carbons (Fsp3) is 0.462. The second kappa shape index (κ2) is 10.9. The number of carbonyl (C=O) groups excluding carboxylic acids is 2. The Balaban J connectivity index is 1.60. The largest absolute Gasteiger partial charge is 0.507 e. The fourth-order valence-corrected chi connectivity index (χ4v) is 4.38. The first-order valence-electron chi connectivity index (χ1n) is 11.9. The summed E-state index contributed by atoms with van der Waals surface area (Å²) in [7, 11) is 0. The smallest absolute Gasteiger partial charge is 0.295 e. The van der Waals surface area contributed by atoms with E-state index in [-0.39, 0.29) is 11.3 Å². The molecule has 8 heteroatoms. The number of rotatable bonds is 9. The lowest BCUT2D eigenvalue weighted by Crippen LogP contribution is -2.38. The van der Waals surface area contributed by atoms with Gasteiger partial charge >= 0.3 is 0 Å². The highest BCUT2D eigenvalue weighted by atomic mass is 16.5. The summed E-state index contributed by atoms with van der Waals surface area (Å²) in [4.78, 5) is 29.9. The Morgan fingerprint density at radius 2 is 1.82 bits per heavy atom. The molecule has 1 aromatic carbocycles. The molecule has 1 unspecified atom stereocenters. The molecular weight excluding hydrogens is 436 g/mol. The van der Waals surface area contributed by atoms with Gasteiger partial charge in [0.25, 0.3) is 11.7 Å². The molecule has 1 N–H and O–H groups in total. The van der Waals surface area contributed by atoms with E-state index < -0.39 is 17.7 Å². The number of nitrogens with zero attached hydrogens (tertiary/aromatic N) is 2. The van der Waals surface area contributed by atoms with Crippen LogP contribution in [0.4, 0.5) is 0 Å². The van der Waals surface area contributed by atoms with Crippen LogP contribution in [0.15, 0.2) is 46.4 Å². The Hall–Kier alpha value is -3.10. The van der Waals surface area contributed by atoms with Crippen molar-refractivity contribution in [1.29, 1.82) is 0 Å². The Bertz CT molecular complexity index is 1040. The lowest BCUT2D eigenvalue weighted by atomic mass is 9.99. The van der Waals surface area contributed by atoms with Crippen molar-refractivity contribution >= 4 is 17.4 Å². The Morgan fingerprint density at radius 1 is 1.09 bits per heavy atom. The molecule has 1 amide bonds. The van der Waals surface area contributed by atoms with Crippen LogP contribution in [0, 0.1) is 6.92 Å². The number of morpholine rings is 1.